The van der Waals surface area contributed by atoms with Gasteiger partial charge >= 0.3 is 0 Å². The summed E-state index contributed by atoms with van der Waals surface area (Å²) in [7, 11) is 0. The number of β-amino-alcohol motifs (C(OH)–C–C–N with tert-alkyl or cyclic N) is 1. The molecule has 0 radical (unpaired) electrons. The first-order valence-electron chi connectivity index (χ1n) is 9.05. The number of carbonyl (C=O) groups excluding carboxylic acids is 1. The Morgan fingerprint density at radius 3 is 2.79 bits per heavy atom. The van der Waals surface area contributed by atoms with E-state index in [2.05, 4.69) is 11.8 Å². The zero-order chi connectivity index (χ0) is 16.9. The van der Waals surface area contributed by atoms with Crippen molar-refractivity contribution in [1.82, 2.24) is 4.90 Å². The first-order chi connectivity index (χ1) is 11.6. The third kappa shape index (κ3) is 4.48. The fraction of sp³-hybridized carbons (Fsp3) is 0.632. The van der Waals surface area contributed by atoms with Gasteiger partial charge in [-0.1, -0.05) is 13.0 Å². The van der Waals surface area contributed by atoms with Crippen molar-refractivity contribution in [2.45, 2.75) is 38.7 Å². The van der Waals surface area contributed by atoms with E-state index in [4.69, 9.17) is 4.74 Å². The van der Waals surface area contributed by atoms with Gasteiger partial charge in [0.25, 0.3) is 0 Å². The minimum absolute atomic E-state index is 0.173. The quantitative estimate of drug-likeness (QED) is 0.868. The number of likely N-dealkylation sites (tertiary alicyclic amines) is 1. The van der Waals surface area contributed by atoms with Crippen molar-refractivity contribution in [2.75, 3.05) is 37.7 Å². The SMILES string of the molecule is CC1CCN(C[C@H](O)COc2cccc(N3CCCC3=O)c2)CC1. The van der Waals surface area contributed by atoms with E-state index < -0.39 is 6.10 Å². The summed E-state index contributed by atoms with van der Waals surface area (Å²) in [5.74, 6) is 1.68. The van der Waals surface area contributed by atoms with Gasteiger partial charge in [0.2, 0.25) is 5.91 Å². The first-order valence-corrected chi connectivity index (χ1v) is 9.05. The van der Waals surface area contributed by atoms with E-state index in [0.717, 1.165) is 37.7 Å². The largest absolute Gasteiger partial charge is 0.491 e. The van der Waals surface area contributed by atoms with Crippen molar-refractivity contribution in [3.8, 4) is 5.75 Å². The van der Waals surface area contributed by atoms with Crippen molar-refractivity contribution in [3.05, 3.63) is 24.3 Å². The topological polar surface area (TPSA) is 53.0 Å². The Kier molecular flexibility index (Phi) is 5.74. The van der Waals surface area contributed by atoms with Crippen molar-refractivity contribution in [1.29, 1.82) is 0 Å². The molecule has 3 rings (SSSR count). The van der Waals surface area contributed by atoms with Crippen molar-refractivity contribution >= 4 is 11.6 Å². The Hall–Kier alpha value is -1.59. The average Bonchev–Trinajstić information content (AvgIpc) is 3.01. The van der Waals surface area contributed by atoms with Gasteiger partial charge in [-0.2, -0.15) is 0 Å². The standard InChI is InChI=1S/C19H28N2O3/c1-15-7-10-20(11-8-15)13-17(22)14-24-18-5-2-4-16(12-18)21-9-3-6-19(21)23/h2,4-5,12,15,17,22H,3,6-11,13-14H2,1H3/t17-/m0/s1. The second kappa shape index (κ2) is 7.99. The van der Waals surface area contributed by atoms with E-state index in [1.807, 2.05) is 24.3 Å². The molecule has 1 amide bonds. The second-order valence-corrected chi connectivity index (χ2v) is 7.09. The number of benzene rings is 1. The predicted molar refractivity (Wildman–Crippen MR) is 94.4 cm³/mol. The van der Waals surface area contributed by atoms with Gasteiger partial charge in [0.05, 0.1) is 0 Å². The van der Waals surface area contributed by atoms with E-state index in [9.17, 15) is 9.90 Å². The number of rotatable bonds is 6. The van der Waals surface area contributed by atoms with Crippen LogP contribution in [0.25, 0.3) is 0 Å². The summed E-state index contributed by atoms with van der Waals surface area (Å²) in [6, 6.07) is 7.59. The zero-order valence-corrected chi connectivity index (χ0v) is 14.5. The second-order valence-electron chi connectivity index (χ2n) is 7.09. The highest BCUT2D eigenvalue weighted by Crippen LogP contribution is 2.25. The molecule has 1 aromatic rings. The molecule has 2 saturated heterocycles. The predicted octanol–water partition coefficient (Wildman–Crippen LogP) is 2.29. The third-order valence-corrected chi connectivity index (χ3v) is 4.99. The van der Waals surface area contributed by atoms with Gasteiger partial charge in [-0.05, 0) is 50.4 Å². The highest BCUT2D eigenvalue weighted by molar-refractivity contribution is 5.95. The molecule has 2 aliphatic rings. The molecule has 132 valence electrons. The Morgan fingerprint density at radius 1 is 1.29 bits per heavy atom. The molecule has 0 aliphatic carbocycles. The molecular formula is C19H28N2O3. The minimum Gasteiger partial charge on any atom is -0.491 e. The first kappa shape index (κ1) is 17.2. The molecular weight excluding hydrogens is 304 g/mol. The maximum atomic E-state index is 11.8. The van der Waals surface area contributed by atoms with Crippen molar-refractivity contribution in [3.63, 3.8) is 0 Å². The van der Waals surface area contributed by atoms with Gasteiger partial charge in [0.15, 0.2) is 0 Å². The number of anilines is 1. The van der Waals surface area contributed by atoms with Crippen molar-refractivity contribution in [2.24, 2.45) is 5.92 Å². The minimum atomic E-state index is -0.490. The van der Waals surface area contributed by atoms with E-state index >= 15 is 0 Å². The summed E-state index contributed by atoms with van der Waals surface area (Å²) in [5, 5.41) is 10.2. The summed E-state index contributed by atoms with van der Waals surface area (Å²) in [6.07, 6.45) is 3.46. The fourth-order valence-corrected chi connectivity index (χ4v) is 3.45. The molecule has 0 unspecified atom stereocenters. The number of aliphatic hydroxyl groups is 1. The lowest BCUT2D eigenvalue weighted by Gasteiger charge is -2.31. The number of piperidine rings is 1. The van der Waals surface area contributed by atoms with Crippen LogP contribution in [0.3, 0.4) is 0 Å². The fourth-order valence-electron chi connectivity index (χ4n) is 3.45. The van der Waals surface area contributed by atoms with Gasteiger partial charge in [0.1, 0.15) is 18.5 Å². The molecule has 5 nitrogen and oxygen atoms in total. The summed E-state index contributed by atoms with van der Waals surface area (Å²) in [4.78, 5) is 16.0. The Balaban J connectivity index is 1.48. The van der Waals surface area contributed by atoms with E-state index in [-0.39, 0.29) is 12.5 Å². The molecule has 1 N–H and O–H groups in total. The summed E-state index contributed by atoms with van der Waals surface area (Å²) in [5.41, 5.74) is 0.884. The number of hydrogen-bond acceptors (Lipinski definition) is 4. The van der Waals surface area contributed by atoms with Crippen LogP contribution in [0.1, 0.15) is 32.6 Å². The maximum Gasteiger partial charge on any atom is 0.227 e. The van der Waals surface area contributed by atoms with E-state index in [0.29, 0.717) is 18.7 Å². The Labute approximate surface area is 144 Å². The molecule has 2 fully saturated rings. The third-order valence-electron chi connectivity index (χ3n) is 4.99. The van der Waals surface area contributed by atoms with Crippen LogP contribution in [0.4, 0.5) is 5.69 Å². The highest BCUT2D eigenvalue weighted by Gasteiger charge is 2.22. The van der Waals surface area contributed by atoms with Gasteiger partial charge in [-0.15, -0.1) is 0 Å². The van der Waals surface area contributed by atoms with Crippen LogP contribution >= 0.6 is 0 Å². The normalized spacial score (nSPS) is 21.2. The lowest BCUT2D eigenvalue weighted by Crippen LogP contribution is -2.40. The zero-order valence-electron chi connectivity index (χ0n) is 14.5. The molecule has 5 heteroatoms. The molecule has 2 heterocycles. The number of hydrogen-bond donors (Lipinski definition) is 1. The van der Waals surface area contributed by atoms with Crippen LogP contribution in [0.15, 0.2) is 24.3 Å². The number of aliphatic hydroxyl groups excluding tert-OH is 1. The van der Waals surface area contributed by atoms with E-state index in [1.165, 1.54) is 12.8 Å². The van der Waals surface area contributed by atoms with Crippen LogP contribution < -0.4 is 9.64 Å². The Morgan fingerprint density at radius 2 is 2.08 bits per heavy atom. The molecule has 0 aromatic heterocycles. The number of amides is 1. The Bertz CT molecular complexity index is 555. The van der Waals surface area contributed by atoms with Gasteiger partial charge in [-0.25, -0.2) is 0 Å². The maximum absolute atomic E-state index is 11.8. The van der Waals surface area contributed by atoms with Crippen LogP contribution in [0.5, 0.6) is 5.75 Å². The average molecular weight is 332 g/mol. The molecule has 24 heavy (non-hydrogen) atoms. The summed E-state index contributed by atoms with van der Waals surface area (Å²) in [6.45, 7) is 6.13. The highest BCUT2D eigenvalue weighted by atomic mass is 16.5. The molecule has 0 spiro atoms. The molecule has 1 atom stereocenters. The van der Waals surface area contributed by atoms with Crippen molar-refractivity contribution < 1.29 is 14.6 Å². The lowest BCUT2D eigenvalue weighted by atomic mass is 9.99. The van der Waals surface area contributed by atoms with Gasteiger partial charge in [0, 0.05) is 31.3 Å². The smallest absolute Gasteiger partial charge is 0.227 e. The van der Waals surface area contributed by atoms with Gasteiger partial charge < -0.3 is 19.6 Å². The van der Waals surface area contributed by atoms with Crippen LogP contribution in [0.2, 0.25) is 0 Å². The van der Waals surface area contributed by atoms with Gasteiger partial charge in [-0.3, -0.25) is 4.79 Å². The molecule has 2 aliphatic heterocycles. The number of nitrogens with zero attached hydrogens (tertiary/aromatic N) is 2. The molecule has 0 saturated carbocycles. The number of carbonyl (C=O) groups is 1. The van der Waals surface area contributed by atoms with Crippen LogP contribution in [-0.2, 0) is 4.79 Å². The molecule has 1 aromatic carbocycles. The van der Waals surface area contributed by atoms with Crippen LogP contribution in [0, 0.1) is 5.92 Å². The number of ether oxygens (including phenoxy) is 1. The van der Waals surface area contributed by atoms with E-state index in [1.54, 1.807) is 4.90 Å². The summed E-state index contributed by atoms with van der Waals surface area (Å²) < 4.78 is 5.75. The molecule has 0 bridgehead atoms. The summed E-state index contributed by atoms with van der Waals surface area (Å²) >= 11 is 0. The lowest BCUT2D eigenvalue weighted by molar-refractivity contribution is -0.117. The van der Waals surface area contributed by atoms with Crippen LogP contribution in [-0.4, -0.2) is 54.8 Å². The monoisotopic (exact) mass is 332 g/mol.